The molecule has 1 heterocycles. The van der Waals surface area contributed by atoms with Gasteiger partial charge in [-0.2, -0.15) is 10.4 Å². The van der Waals surface area contributed by atoms with E-state index >= 15 is 0 Å². The number of halogens is 4. The zero-order valence-electron chi connectivity index (χ0n) is 9.45. The van der Waals surface area contributed by atoms with Crippen molar-refractivity contribution in [3.05, 3.63) is 51.3 Å². The van der Waals surface area contributed by atoms with E-state index in [0.29, 0.717) is 5.02 Å². The summed E-state index contributed by atoms with van der Waals surface area (Å²) in [7, 11) is 0. The summed E-state index contributed by atoms with van der Waals surface area (Å²) in [6.07, 6.45) is -2.83. The third kappa shape index (κ3) is 2.86. The molecule has 0 aliphatic rings. The zero-order valence-corrected chi connectivity index (χ0v) is 11.0. The van der Waals surface area contributed by atoms with Crippen molar-refractivity contribution in [1.29, 1.82) is 5.26 Å². The molecule has 19 heavy (non-hydrogen) atoms. The van der Waals surface area contributed by atoms with Gasteiger partial charge in [-0.1, -0.05) is 35.3 Å². The lowest BCUT2D eigenvalue weighted by Crippen LogP contribution is -2.02. The molecule has 0 aliphatic carbocycles. The molecule has 0 spiro atoms. The Morgan fingerprint density at radius 1 is 1.26 bits per heavy atom. The minimum Gasteiger partial charge on any atom is -0.248 e. The molecule has 0 bridgehead atoms. The summed E-state index contributed by atoms with van der Waals surface area (Å²) in [6, 6.07) is 8.45. The quantitative estimate of drug-likeness (QED) is 0.858. The molecule has 1 aromatic heterocycles. The molecule has 0 saturated heterocycles. The van der Waals surface area contributed by atoms with E-state index in [1.165, 1.54) is 4.68 Å². The maximum absolute atomic E-state index is 12.7. The van der Waals surface area contributed by atoms with Crippen LogP contribution in [-0.2, 0) is 6.54 Å². The first-order valence-electron chi connectivity index (χ1n) is 5.22. The van der Waals surface area contributed by atoms with Crippen LogP contribution in [0.1, 0.15) is 23.2 Å². The van der Waals surface area contributed by atoms with Crippen molar-refractivity contribution in [2.24, 2.45) is 0 Å². The van der Waals surface area contributed by atoms with Gasteiger partial charge in [0.25, 0.3) is 6.43 Å². The monoisotopic (exact) mass is 301 g/mol. The van der Waals surface area contributed by atoms with Gasteiger partial charge in [0.1, 0.15) is 22.5 Å². The maximum atomic E-state index is 12.7. The number of alkyl halides is 2. The molecule has 0 atom stereocenters. The average molecular weight is 302 g/mol. The number of nitriles is 1. The second kappa shape index (κ2) is 5.55. The molecular weight excluding hydrogens is 295 g/mol. The van der Waals surface area contributed by atoms with Gasteiger partial charge >= 0.3 is 0 Å². The molecule has 0 amide bonds. The second-order valence-electron chi connectivity index (χ2n) is 3.75. The average Bonchev–Trinajstić information content (AvgIpc) is 2.69. The van der Waals surface area contributed by atoms with Crippen LogP contribution in [0, 0.1) is 11.3 Å². The topological polar surface area (TPSA) is 41.6 Å². The highest BCUT2D eigenvalue weighted by molar-refractivity contribution is 6.31. The van der Waals surface area contributed by atoms with Gasteiger partial charge in [-0.25, -0.2) is 13.5 Å². The molecule has 0 aliphatic heterocycles. The van der Waals surface area contributed by atoms with Crippen LogP contribution in [0.15, 0.2) is 24.3 Å². The summed E-state index contributed by atoms with van der Waals surface area (Å²) in [4.78, 5) is 0. The summed E-state index contributed by atoms with van der Waals surface area (Å²) in [6.45, 7) is 0.192. The molecule has 0 saturated carbocycles. The van der Waals surface area contributed by atoms with Crippen LogP contribution >= 0.6 is 23.2 Å². The number of hydrogen-bond donors (Lipinski definition) is 0. The van der Waals surface area contributed by atoms with Crippen molar-refractivity contribution >= 4 is 23.2 Å². The first kappa shape index (κ1) is 13.8. The highest BCUT2D eigenvalue weighted by Gasteiger charge is 2.23. The second-order valence-corrected chi connectivity index (χ2v) is 4.54. The molecule has 98 valence electrons. The molecule has 3 nitrogen and oxygen atoms in total. The number of nitrogens with zero attached hydrogens (tertiary/aromatic N) is 3. The van der Waals surface area contributed by atoms with Crippen LogP contribution in [0.3, 0.4) is 0 Å². The highest BCUT2D eigenvalue weighted by atomic mass is 35.5. The number of rotatable bonds is 3. The lowest BCUT2D eigenvalue weighted by atomic mass is 10.2. The number of hydrogen-bond acceptors (Lipinski definition) is 2. The van der Waals surface area contributed by atoms with Crippen LogP contribution in [0.25, 0.3) is 0 Å². The normalized spacial score (nSPS) is 10.7. The van der Waals surface area contributed by atoms with E-state index in [2.05, 4.69) is 5.10 Å². The van der Waals surface area contributed by atoms with Gasteiger partial charge < -0.3 is 0 Å². The van der Waals surface area contributed by atoms with Gasteiger partial charge in [-0.3, -0.25) is 0 Å². The lowest BCUT2D eigenvalue weighted by molar-refractivity contribution is 0.144. The van der Waals surface area contributed by atoms with Gasteiger partial charge in [-0.15, -0.1) is 0 Å². The van der Waals surface area contributed by atoms with Crippen LogP contribution in [0.5, 0.6) is 0 Å². The predicted molar refractivity (Wildman–Crippen MR) is 67.5 cm³/mol. The van der Waals surface area contributed by atoms with Gasteiger partial charge in [0.2, 0.25) is 0 Å². The maximum Gasteiger partial charge on any atom is 0.283 e. The Kier molecular flexibility index (Phi) is 4.03. The van der Waals surface area contributed by atoms with E-state index in [1.807, 2.05) is 0 Å². The van der Waals surface area contributed by atoms with E-state index in [9.17, 15) is 8.78 Å². The number of benzene rings is 1. The summed E-state index contributed by atoms with van der Waals surface area (Å²) in [5, 5.41) is 13.0. The van der Waals surface area contributed by atoms with Crippen molar-refractivity contribution in [2.45, 2.75) is 13.0 Å². The summed E-state index contributed by atoms with van der Waals surface area (Å²) < 4.78 is 26.6. The summed E-state index contributed by atoms with van der Waals surface area (Å²) >= 11 is 11.6. The molecule has 0 fully saturated rings. The Morgan fingerprint density at radius 3 is 2.37 bits per heavy atom. The van der Waals surface area contributed by atoms with E-state index < -0.39 is 12.1 Å². The van der Waals surface area contributed by atoms with Crippen LogP contribution in [-0.4, -0.2) is 9.78 Å². The molecular formula is C12H7Cl2F2N3. The third-order valence-electron chi connectivity index (χ3n) is 2.48. The Labute approximate surface area is 118 Å². The van der Waals surface area contributed by atoms with E-state index in [-0.39, 0.29) is 17.3 Å². The minimum atomic E-state index is -2.83. The van der Waals surface area contributed by atoms with Gasteiger partial charge in [0, 0.05) is 5.02 Å². The molecule has 1 aromatic carbocycles. The summed E-state index contributed by atoms with van der Waals surface area (Å²) in [5.41, 5.74) is -0.0915. The number of aromatic nitrogens is 2. The fourth-order valence-corrected chi connectivity index (χ4v) is 1.94. The van der Waals surface area contributed by atoms with Gasteiger partial charge in [0.05, 0.1) is 6.54 Å². The fourth-order valence-electron chi connectivity index (χ4n) is 1.58. The van der Waals surface area contributed by atoms with E-state index in [1.54, 1.807) is 30.3 Å². The molecule has 7 heteroatoms. The van der Waals surface area contributed by atoms with E-state index in [4.69, 9.17) is 28.5 Å². The smallest absolute Gasteiger partial charge is 0.248 e. The van der Waals surface area contributed by atoms with Crippen molar-refractivity contribution < 1.29 is 8.78 Å². The largest absolute Gasteiger partial charge is 0.283 e. The Hall–Kier alpha value is -1.64. The van der Waals surface area contributed by atoms with Crippen molar-refractivity contribution in [2.75, 3.05) is 0 Å². The molecule has 0 unspecified atom stereocenters. The third-order valence-corrected chi connectivity index (χ3v) is 3.12. The van der Waals surface area contributed by atoms with Gasteiger partial charge in [0.15, 0.2) is 0 Å². The van der Waals surface area contributed by atoms with Crippen LogP contribution in [0.2, 0.25) is 10.2 Å². The molecule has 2 rings (SSSR count). The highest BCUT2D eigenvalue weighted by Crippen LogP contribution is 2.27. The SMILES string of the molecule is N#Cc1c(C(F)F)nn(Cc2ccc(Cl)cc2)c1Cl. The minimum absolute atomic E-state index is 0.0900. The van der Waals surface area contributed by atoms with Crippen molar-refractivity contribution in [1.82, 2.24) is 9.78 Å². The Bertz CT molecular complexity index is 630. The first-order valence-corrected chi connectivity index (χ1v) is 5.97. The van der Waals surface area contributed by atoms with E-state index in [0.717, 1.165) is 5.56 Å². The molecule has 0 N–H and O–H groups in total. The molecule has 2 aromatic rings. The van der Waals surface area contributed by atoms with Crippen molar-refractivity contribution in [3.63, 3.8) is 0 Å². The van der Waals surface area contributed by atoms with Crippen molar-refractivity contribution in [3.8, 4) is 6.07 Å². The fraction of sp³-hybridized carbons (Fsp3) is 0.167. The summed E-state index contributed by atoms with van der Waals surface area (Å²) in [5.74, 6) is 0. The van der Waals surface area contributed by atoms with Crippen LogP contribution < -0.4 is 0 Å². The van der Waals surface area contributed by atoms with Gasteiger partial charge in [-0.05, 0) is 17.7 Å². The zero-order chi connectivity index (χ0) is 14.0. The standard InChI is InChI=1S/C12H7Cl2F2N3/c13-8-3-1-7(2-4-8)6-19-11(14)9(5-17)10(18-19)12(15)16/h1-4,12H,6H2. The Balaban J connectivity index is 2.36. The Morgan fingerprint density at radius 2 is 1.89 bits per heavy atom. The predicted octanol–water partition coefficient (Wildman–Crippen LogP) is 4.05. The molecule has 0 radical (unpaired) electrons. The first-order chi connectivity index (χ1) is 9.02. The van der Waals surface area contributed by atoms with Crippen LogP contribution in [0.4, 0.5) is 8.78 Å². The lowest BCUT2D eigenvalue weighted by Gasteiger charge is -2.03.